The van der Waals surface area contributed by atoms with Crippen LogP contribution in [-0.4, -0.2) is 52.9 Å². The van der Waals surface area contributed by atoms with Gasteiger partial charge in [0.1, 0.15) is 74.1 Å². The Morgan fingerprint density at radius 1 is 0.370 bits per heavy atom. The van der Waals surface area contributed by atoms with Crippen molar-refractivity contribution in [2.24, 2.45) is 0 Å². The van der Waals surface area contributed by atoms with Crippen molar-refractivity contribution in [3.8, 4) is 34.5 Å². The Hall–Kier alpha value is -5.22. The largest absolute Gasteiger partial charge is 0.491 e. The lowest BCUT2D eigenvalue weighted by atomic mass is 10.1. The van der Waals surface area contributed by atoms with E-state index in [0.29, 0.717) is 82.9 Å². The van der Waals surface area contributed by atoms with Gasteiger partial charge in [0.15, 0.2) is 0 Å². The van der Waals surface area contributed by atoms with Crippen LogP contribution in [0.15, 0.2) is 128 Å². The molecule has 0 aliphatic heterocycles. The topological polar surface area (TPSA) is 73.8 Å². The minimum Gasteiger partial charge on any atom is -0.491 e. The predicted octanol–water partition coefficient (Wildman–Crippen LogP) is 9.97. The van der Waals surface area contributed by atoms with Crippen LogP contribution >= 0.6 is 15.9 Å². The molecule has 0 atom stereocenters. The normalized spacial score (nSPS) is 10.7. The number of benzene rings is 5. The molecule has 9 heteroatoms. The fourth-order valence-electron chi connectivity index (χ4n) is 5.05. The summed E-state index contributed by atoms with van der Waals surface area (Å²) >= 11 is 3.53. The van der Waals surface area contributed by atoms with E-state index in [1.54, 1.807) is 0 Å². The van der Waals surface area contributed by atoms with E-state index in [-0.39, 0.29) is 0 Å². The molecule has 0 N–H and O–H groups in total. The summed E-state index contributed by atoms with van der Waals surface area (Å²) in [5, 5.41) is 0.677. The monoisotopic (exact) mass is 794 g/mol. The molecule has 0 aliphatic rings. The smallest absolute Gasteiger partial charge is 0.123 e. The van der Waals surface area contributed by atoms with E-state index in [0.717, 1.165) is 50.8 Å². The van der Waals surface area contributed by atoms with Crippen LogP contribution in [0.1, 0.15) is 27.8 Å². The third-order valence-electron chi connectivity index (χ3n) is 7.97. The van der Waals surface area contributed by atoms with Crippen LogP contribution in [0.5, 0.6) is 34.5 Å². The maximum atomic E-state index is 5.94. The second kappa shape index (κ2) is 22.8. The van der Waals surface area contributed by atoms with Gasteiger partial charge in [0.2, 0.25) is 0 Å². The average Bonchev–Trinajstić information content (AvgIpc) is 3.22. The quantitative estimate of drug-likeness (QED) is 0.0427. The maximum Gasteiger partial charge on any atom is 0.123 e. The predicted molar refractivity (Wildman–Crippen MR) is 217 cm³/mol. The number of rotatable bonds is 25. The SMILES string of the molecule is C=Cc1ccc(COc2ccc(OCCOCCOc3cc(CBr)cc(OCCOCCOc4ccc(OCc5ccc(C=C)cc5)cc4)c3)cc2)cc1. The average molecular weight is 796 g/mol. The zero-order valence-electron chi connectivity index (χ0n) is 30.5. The molecule has 5 aromatic rings. The van der Waals surface area contributed by atoms with E-state index in [2.05, 4.69) is 29.1 Å². The number of alkyl halides is 1. The molecule has 5 aromatic carbocycles. The molecule has 0 aliphatic carbocycles. The number of halogens is 1. The fourth-order valence-corrected chi connectivity index (χ4v) is 5.37. The van der Waals surface area contributed by atoms with Crippen LogP contribution in [0.4, 0.5) is 0 Å². The van der Waals surface area contributed by atoms with Gasteiger partial charge >= 0.3 is 0 Å². The highest BCUT2D eigenvalue weighted by molar-refractivity contribution is 9.08. The van der Waals surface area contributed by atoms with Crippen molar-refractivity contribution in [1.29, 1.82) is 0 Å². The molecule has 0 saturated carbocycles. The van der Waals surface area contributed by atoms with Crippen molar-refractivity contribution in [3.63, 3.8) is 0 Å². The van der Waals surface area contributed by atoms with Crippen molar-refractivity contribution >= 4 is 28.1 Å². The molecule has 5 rings (SSSR count). The molecule has 0 saturated heterocycles. The molecule has 0 aromatic heterocycles. The summed E-state index contributed by atoms with van der Waals surface area (Å²) in [5.41, 5.74) is 5.41. The molecule has 0 amide bonds. The molecule has 0 spiro atoms. The Morgan fingerprint density at radius 3 is 1.04 bits per heavy atom. The molecule has 0 unspecified atom stereocenters. The third-order valence-corrected chi connectivity index (χ3v) is 8.62. The minimum absolute atomic E-state index is 0.400. The third kappa shape index (κ3) is 14.3. The first-order chi connectivity index (χ1) is 26.6. The molecule has 282 valence electrons. The molecule has 0 bridgehead atoms. The molecule has 0 heterocycles. The van der Waals surface area contributed by atoms with Crippen LogP contribution in [0.2, 0.25) is 0 Å². The van der Waals surface area contributed by atoms with Crippen LogP contribution in [0, 0.1) is 0 Å². The number of hydrogen-bond acceptors (Lipinski definition) is 8. The first kappa shape index (κ1) is 40.0. The van der Waals surface area contributed by atoms with Gasteiger partial charge in [-0.2, -0.15) is 0 Å². The van der Waals surface area contributed by atoms with Crippen molar-refractivity contribution in [1.82, 2.24) is 0 Å². The molecular formula is C45H47BrO8. The first-order valence-electron chi connectivity index (χ1n) is 17.9. The van der Waals surface area contributed by atoms with E-state index in [1.807, 2.05) is 127 Å². The Morgan fingerprint density at radius 2 is 0.704 bits per heavy atom. The Labute approximate surface area is 327 Å². The van der Waals surface area contributed by atoms with Gasteiger partial charge < -0.3 is 37.9 Å². The number of hydrogen-bond donors (Lipinski definition) is 0. The lowest BCUT2D eigenvalue weighted by molar-refractivity contribution is 0.0746. The standard InChI is InChI=1S/C45H47BrO8/c1-3-35-5-9-37(10-6-35)33-53-42-17-13-40(14-18-42)49-25-21-47-23-27-51-44-29-39(32-46)30-45(31-44)52-28-24-48-22-26-50-41-15-19-43(20-16-41)54-34-38-11-7-36(4-2)8-12-38/h3-20,29-31H,1-2,21-28,32-34H2. The summed E-state index contributed by atoms with van der Waals surface area (Å²) in [7, 11) is 0. The molecule has 54 heavy (non-hydrogen) atoms. The first-order valence-corrected chi connectivity index (χ1v) is 19.0. The fraction of sp³-hybridized carbons (Fsp3) is 0.244. The van der Waals surface area contributed by atoms with Crippen molar-refractivity contribution in [2.75, 3.05) is 52.9 Å². The maximum absolute atomic E-state index is 5.94. The van der Waals surface area contributed by atoms with Crippen LogP contribution in [0.3, 0.4) is 0 Å². The zero-order chi connectivity index (χ0) is 37.6. The molecule has 8 nitrogen and oxygen atoms in total. The Bertz CT molecular complexity index is 1690. The van der Waals surface area contributed by atoms with E-state index in [1.165, 1.54) is 0 Å². The summed E-state index contributed by atoms with van der Waals surface area (Å²) in [6, 6.07) is 37.2. The minimum atomic E-state index is 0.400. The molecule has 0 radical (unpaired) electrons. The van der Waals surface area contributed by atoms with Gasteiger partial charge in [0, 0.05) is 11.4 Å². The summed E-state index contributed by atoms with van der Waals surface area (Å²) in [4.78, 5) is 0. The molecular weight excluding hydrogens is 748 g/mol. The lowest BCUT2D eigenvalue weighted by Gasteiger charge is -2.13. The van der Waals surface area contributed by atoms with Gasteiger partial charge in [-0.05, 0) is 88.5 Å². The molecule has 0 fully saturated rings. The highest BCUT2D eigenvalue weighted by Gasteiger charge is 2.05. The summed E-state index contributed by atoms with van der Waals surface area (Å²) < 4.78 is 46.7. The van der Waals surface area contributed by atoms with Crippen molar-refractivity contribution in [3.05, 3.63) is 156 Å². The highest BCUT2D eigenvalue weighted by atomic mass is 79.9. The summed E-state index contributed by atoms with van der Waals surface area (Å²) in [6.07, 6.45) is 3.65. The summed E-state index contributed by atoms with van der Waals surface area (Å²) in [5.74, 6) is 4.50. The second-order valence-corrected chi connectivity index (χ2v) is 12.5. The lowest BCUT2D eigenvalue weighted by Crippen LogP contribution is -2.13. The second-order valence-electron chi connectivity index (χ2n) is 12.0. The van der Waals surface area contributed by atoms with Gasteiger partial charge in [-0.25, -0.2) is 0 Å². The van der Waals surface area contributed by atoms with E-state index >= 15 is 0 Å². The number of ether oxygens (including phenoxy) is 8. The van der Waals surface area contributed by atoms with Crippen molar-refractivity contribution < 1.29 is 37.9 Å². The Kier molecular flexibility index (Phi) is 16.8. The van der Waals surface area contributed by atoms with Gasteiger partial charge in [-0.15, -0.1) is 0 Å². The van der Waals surface area contributed by atoms with E-state index in [9.17, 15) is 0 Å². The summed E-state index contributed by atoms with van der Waals surface area (Å²) in [6.45, 7) is 12.0. The van der Waals surface area contributed by atoms with Gasteiger partial charge in [0.25, 0.3) is 0 Å². The highest BCUT2D eigenvalue weighted by Crippen LogP contribution is 2.25. The van der Waals surface area contributed by atoms with Gasteiger partial charge in [-0.1, -0.05) is 89.8 Å². The van der Waals surface area contributed by atoms with E-state index in [4.69, 9.17) is 37.9 Å². The van der Waals surface area contributed by atoms with Crippen molar-refractivity contribution in [2.45, 2.75) is 18.5 Å². The Balaban J connectivity index is 0.891. The van der Waals surface area contributed by atoms with Crippen LogP contribution in [-0.2, 0) is 28.0 Å². The van der Waals surface area contributed by atoms with Gasteiger partial charge in [-0.3, -0.25) is 0 Å². The van der Waals surface area contributed by atoms with E-state index < -0.39 is 0 Å². The van der Waals surface area contributed by atoms with Crippen LogP contribution < -0.4 is 28.4 Å². The van der Waals surface area contributed by atoms with Crippen LogP contribution in [0.25, 0.3) is 12.2 Å². The zero-order valence-corrected chi connectivity index (χ0v) is 32.0. The van der Waals surface area contributed by atoms with Gasteiger partial charge in [0.05, 0.1) is 26.4 Å².